The van der Waals surface area contributed by atoms with E-state index in [4.69, 9.17) is 11.5 Å². The van der Waals surface area contributed by atoms with Crippen molar-refractivity contribution in [2.45, 2.75) is 0 Å². The summed E-state index contributed by atoms with van der Waals surface area (Å²) >= 11 is 0. The topological polar surface area (TPSA) is 127 Å². The van der Waals surface area contributed by atoms with Crippen LogP contribution >= 0.6 is 0 Å². The van der Waals surface area contributed by atoms with Crippen LogP contribution in [0.4, 0.5) is 23.3 Å². The molecule has 0 aliphatic rings. The lowest BCUT2D eigenvalue weighted by molar-refractivity contribution is -0.116. The second-order valence-corrected chi connectivity index (χ2v) is 4.50. The molecule has 8 heteroatoms. The first-order valence-corrected chi connectivity index (χ1v) is 6.46. The normalized spacial score (nSPS) is 10.0. The Kier molecular flexibility index (Phi) is 4.52. The van der Waals surface area contributed by atoms with Gasteiger partial charge in [-0.05, 0) is 12.1 Å². The standard InChI is InChI=1S/C14H16N6O2/c1-20(9-5-3-2-4-6-9)13-10(8-21)12(17-7-11(15)22)18-14(16)19-13/h2-6,8H,7H2,1H3,(H2,15,22)(H3,16,17,18,19). The molecule has 0 aliphatic heterocycles. The number of hydrogen-bond donors (Lipinski definition) is 3. The van der Waals surface area contributed by atoms with Crippen LogP contribution in [0.15, 0.2) is 30.3 Å². The molecule has 0 unspecified atom stereocenters. The Morgan fingerprint density at radius 2 is 2.00 bits per heavy atom. The molecule has 5 N–H and O–H groups in total. The second-order valence-electron chi connectivity index (χ2n) is 4.50. The highest BCUT2D eigenvalue weighted by molar-refractivity contribution is 5.92. The van der Waals surface area contributed by atoms with Gasteiger partial charge in [-0.1, -0.05) is 18.2 Å². The third kappa shape index (κ3) is 3.29. The number of nitrogens with one attached hydrogen (secondary N) is 1. The third-order valence-corrected chi connectivity index (χ3v) is 2.95. The fourth-order valence-corrected chi connectivity index (χ4v) is 1.92. The number of nitrogens with zero attached hydrogens (tertiary/aromatic N) is 3. The molecule has 0 aliphatic carbocycles. The molecule has 0 atom stereocenters. The van der Waals surface area contributed by atoms with Crippen molar-refractivity contribution in [1.29, 1.82) is 0 Å². The van der Waals surface area contributed by atoms with Crippen LogP contribution in [0.1, 0.15) is 10.4 Å². The summed E-state index contributed by atoms with van der Waals surface area (Å²) in [7, 11) is 1.75. The van der Waals surface area contributed by atoms with Crippen molar-refractivity contribution in [3.63, 3.8) is 0 Å². The Morgan fingerprint density at radius 1 is 1.32 bits per heavy atom. The highest BCUT2D eigenvalue weighted by Crippen LogP contribution is 2.28. The molecule has 1 amide bonds. The van der Waals surface area contributed by atoms with Gasteiger partial charge in [0.2, 0.25) is 11.9 Å². The summed E-state index contributed by atoms with van der Waals surface area (Å²) < 4.78 is 0. The van der Waals surface area contributed by atoms with Crippen LogP contribution in [0.25, 0.3) is 0 Å². The van der Waals surface area contributed by atoms with Gasteiger partial charge in [-0.2, -0.15) is 9.97 Å². The fraction of sp³-hybridized carbons (Fsp3) is 0.143. The van der Waals surface area contributed by atoms with Crippen molar-refractivity contribution >= 4 is 35.5 Å². The highest BCUT2D eigenvalue weighted by atomic mass is 16.1. The summed E-state index contributed by atoms with van der Waals surface area (Å²) in [6.07, 6.45) is 0.609. The van der Waals surface area contributed by atoms with Crippen LogP contribution in [-0.2, 0) is 4.79 Å². The molecule has 114 valence electrons. The van der Waals surface area contributed by atoms with Crippen molar-refractivity contribution in [2.24, 2.45) is 5.73 Å². The Bertz CT molecular complexity index is 689. The number of nitrogen functional groups attached to an aromatic ring is 1. The van der Waals surface area contributed by atoms with E-state index < -0.39 is 5.91 Å². The molecule has 0 saturated carbocycles. The molecule has 0 fully saturated rings. The average Bonchev–Trinajstić information content (AvgIpc) is 2.52. The minimum atomic E-state index is -0.577. The van der Waals surface area contributed by atoms with E-state index in [0.29, 0.717) is 12.1 Å². The third-order valence-electron chi connectivity index (χ3n) is 2.95. The number of amides is 1. The number of anilines is 4. The molecule has 0 radical (unpaired) electrons. The van der Waals surface area contributed by atoms with Gasteiger partial charge in [0, 0.05) is 12.7 Å². The minimum Gasteiger partial charge on any atom is -0.368 e. The van der Waals surface area contributed by atoms with Crippen LogP contribution in [0.2, 0.25) is 0 Å². The molecule has 0 bridgehead atoms. The minimum absolute atomic E-state index is 0.0182. The first-order chi connectivity index (χ1) is 10.5. The van der Waals surface area contributed by atoms with E-state index in [-0.39, 0.29) is 23.9 Å². The van der Waals surface area contributed by atoms with E-state index in [2.05, 4.69) is 15.3 Å². The van der Waals surface area contributed by atoms with Crippen molar-refractivity contribution in [2.75, 3.05) is 29.5 Å². The van der Waals surface area contributed by atoms with Crippen molar-refractivity contribution in [3.05, 3.63) is 35.9 Å². The quantitative estimate of drug-likeness (QED) is 0.664. The summed E-state index contributed by atoms with van der Waals surface area (Å²) in [6, 6.07) is 9.34. The van der Waals surface area contributed by atoms with Crippen LogP contribution in [0.3, 0.4) is 0 Å². The number of primary amides is 1. The predicted octanol–water partition coefficient (Wildman–Crippen LogP) is 0.536. The molecule has 22 heavy (non-hydrogen) atoms. The fourth-order valence-electron chi connectivity index (χ4n) is 1.92. The average molecular weight is 300 g/mol. The van der Waals surface area contributed by atoms with Gasteiger partial charge >= 0.3 is 0 Å². The predicted molar refractivity (Wildman–Crippen MR) is 84.0 cm³/mol. The SMILES string of the molecule is CN(c1ccccc1)c1nc(N)nc(NCC(N)=O)c1C=O. The van der Waals surface area contributed by atoms with E-state index in [1.54, 1.807) is 11.9 Å². The summed E-state index contributed by atoms with van der Waals surface area (Å²) in [4.78, 5) is 32.1. The molecular weight excluding hydrogens is 284 g/mol. The molecule has 2 aromatic rings. The zero-order chi connectivity index (χ0) is 16.1. The van der Waals surface area contributed by atoms with Gasteiger partial charge in [0.1, 0.15) is 5.82 Å². The van der Waals surface area contributed by atoms with Crippen LogP contribution in [0.5, 0.6) is 0 Å². The lowest BCUT2D eigenvalue weighted by atomic mass is 10.2. The maximum Gasteiger partial charge on any atom is 0.236 e. The van der Waals surface area contributed by atoms with Crippen LogP contribution in [0, 0.1) is 0 Å². The number of carbonyl (C=O) groups is 2. The van der Waals surface area contributed by atoms with Gasteiger partial charge in [0.05, 0.1) is 12.1 Å². The Hall–Kier alpha value is -3.16. The Morgan fingerprint density at radius 3 is 2.59 bits per heavy atom. The van der Waals surface area contributed by atoms with E-state index in [9.17, 15) is 9.59 Å². The summed E-state index contributed by atoms with van der Waals surface area (Å²) in [5.41, 5.74) is 11.8. The highest BCUT2D eigenvalue weighted by Gasteiger charge is 2.17. The number of benzene rings is 1. The molecule has 1 aromatic heterocycles. The van der Waals surface area contributed by atoms with Crippen molar-refractivity contribution in [3.8, 4) is 0 Å². The molecule has 8 nitrogen and oxygen atoms in total. The molecular formula is C14H16N6O2. The molecule has 0 saturated heterocycles. The van der Waals surface area contributed by atoms with Crippen molar-refractivity contribution < 1.29 is 9.59 Å². The lowest BCUT2D eigenvalue weighted by Crippen LogP contribution is -2.24. The smallest absolute Gasteiger partial charge is 0.236 e. The zero-order valence-electron chi connectivity index (χ0n) is 12.0. The monoisotopic (exact) mass is 300 g/mol. The zero-order valence-corrected chi connectivity index (χ0v) is 12.0. The molecule has 0 spiro atoms. The van der Waals surface area contributed by atoms with Crippen LogP contribution in [-0.4, -0.2) is 35.8 Å². The Labute approximate surface area is 127 Å². The van der Waals surface area contributed by atoms with Gasteiger partial charge < -0.3 is 21.7 Å². The van der Waals surface area contributed by atoms with Gasteiger partial charge in [0.15, 0.2) is 12.1 Å². The maximum absolute atomic E-state index is 11.4. The summed E-state index contributed by atoms with van der Waals surface area (Å²) in [5, 5.41) is 2.69. The number of aromatic nitrogens is 2. The number of nitrogens with two attached hydrogens (primary N) is 2. The van der Waals surface area contributed by atoms with Crippen molar-refractivity contribution in [1.82, 2.24) is 9.97 Å². The van der Waals surface area contributed by atoms with E-state index in [1.807, 2.05) is 30.3 Å². The number of hydrogen-bond acceptors (Lipinski definition) is 7. The number of para-hydroxylation sites is 1. The largest absolute Gasteiger partial charge is 0.368 e. The van der Waals surface area contributed by atoms with E-state index >= 15 is 0 Å². The first kappa shape index (κ1) is 15.2. The van der Waals surface area contributed by atoms with E-state index in [0.717, 1.165) is 5.69 Å². The maximum atomic E-state index is 11.4. The number of carbonyl (C=O) groups excluding carboxylic acids is 2. The molecule has 1 aromatic carbocycles. The van der Waals surface area contributed by atoms with Gasteiger partial charge in [-0.15, -0.1) is 0 Å². The first-order valence-electron chi connectivity index (χ1n) is 6.46. The summed E-state index contributed by atoms with van der Waals surface area (Å²) in [6.45, 7) is -0.161. The van der Waals surface area contributed by atoms with E-state index in [1.165, 1.54) is 0 Å². The lowest BCUT2D eigenvalue weighted by Gasteiger charge is -2.21. The molecule has 1 heterocycles. The van der Waals surface area contributed by atoms with Gasteiger partial charge in [-0.25, -0.2) is 0 Å². The number of aldehydes is 1. The number of rotatable bonds is 6. The van der Waals surface area contributed by atoms with Crippen LogP contribution < -0.4 is 21.7 Å². The molecule has 2 rings (SSSR count). The van der Waals surface area contributed by atoms with Gasteiger partial charge in [-0.3, -0.25) is 9.59 Å². The Balaban J connectivity index is 2.46. The summed E-state index contributed by atoms with van der Waals surface area (Å²) in [5.74, 6) is -0.0953. The van der Waals surface area contributed by atoms with Gasteiger partial charge in [0.25, 0.3) is 0 Å². The second kappa shape index (κ2) is 6.53.